The van der Waals surface area contributed by atoms with Crippen molar-refractivity contribution in [1.29, 1.82) is 0 Å². The number of ether oxygens (including phenoxy) is 1. The van der Waals surface area contributed by atoms with Gasteiger partial charge in [-0.05, 0) is 44.0 Å². The molecule has 1 fully saturated rings. The summed E-state index contributed by atoms with van der Waals surface area (Å²) in [5.41, 5.74) is 1.59. The predicted octanol–water partition coefficient (Wildman–Crippen LogP) is 2.23. The maximum Gasteiger partial charge on any atom is 0.338 e. The van der Waals surface area contributed by atoms with Gasteiger partial charge in [-0.2, -0.15) is 0 Å². The molecule has 174 valence electrons. The predicted molar refractivity (Wildman–Crippen MR) is 120 cm³/mol. The fourth-order valence-corrected chi connectivity index (χ4v) is 4.31. The van der Waals surface area contributed by atoms with Crippen molar-refractivity contribution in [2.45, 2.75) is 38.4 Å². The van der Waals surface area contributed by atoms with Gasteiger partial charge in [-0.3, -0.25) is 9.69 Å². The van der Waals surface area contributed by atoms with E-state index in [1.165, 1.54) is 0 Å². The zero-order valence-electron chi connectivity index (χ0n) is 18.5. The highest BCUT2D eigenvalue weighted by atomic mass is 16.5. The molecule has 0 saturated carbocycles. The Kier molecular flexibility index (Phi) is 7.09. The van der Waals surface area contributed by atoms with Crippen LogP contribution in [0, 0.1) is 0 Å². The number of hydrogen-bond acceptors (Lipinski definition) is 6. The first-order valence-electron chi connectivity index (χ1n) is 11.1. The third kappa shape index (κ3) is 5.25. The Morgan fingerprint density at radius 3 is 2.76 bits per heavy atom. The highest BCUT2D eigenvalue weighted by molar-refractivity contribution is 5.95. The monoisotopic (exact) mass is 452 g/mol. The molecule has 2 atom stereocenters. The summed E-state index contributed by atoms with van der Waals surface area (Å²) in [6, 6.07) is 11.5. The Hall–Kier alpha value is -3.59. The zero-order valence-corrected chi connectivity index (χ0v) is 18.5. The van der Waals surface area contributed by atoms with Crippen molar-refractivity contribution in [1.82, 2.24) is 20.9 Å². The average Bonchev–Trinajstić information content (AvgIpc) is 3.50. The minimum absolute atomic E-state index is 0.109. The van der Waals surface area contributed by atoms with Gasteiger partial charge in [0.2, 0.25) is 5.91 Å². The van der Waals surface area contributed by atoms with Crippen molar-refractivity contribution in [2.75, 3.05) is 19.7 Å². The van der Waals surface area contributed by atoms with Crippen molar-refractivity contribution >= 4 is 17.9 Å². The van der Waals surface area contributed by atoms with Gasteiger partial charge in [-0.25, -0.2) is 9.59 Å². The van der Waals surface area contributed by atoms with Gasteiger partial charge in [0.25, 0.3) is 0 Å². The minimum Gasteiger partial charge on any atom is -0.467 e. The summed E-state index contributed by atoms with van der Waals surface area (Å²) < 4.78 is 10.6. The second kappa shape index (κ2) is 10.4. The topological polar surface area (TPSA) is 113 Å². The summed E-state index contributed by atoms with van der Waals surface area (Å²) >= 11 is 0. The van der Waals surface area contributed by atoms with Crippen molar-refractivity contribution in [3.63, 3.8) is 0 Å². The van der Waals surface area contributed by atoms with Crippen LogP contribution in [0.25, 0.3) is 0 Å². The molecule has 3 amide bonds. The van der Waals surface area contributed by atoms with Crippen LogP contribution in [0.3, 0.4) is 0 Å². The molecule has 9 nitrogen and oxygen atoms in total. The number of nitrogens with one attached hydrogen (secondary N) is 3. The van der Waals surface area contributed by atoms with E-state index in [0.717, 1.165) is 12.0 Å². The quantitative estimate of drug-likeness (QED) is 0.530. The third-order valence-electron chi connectivity index (χ3n) is 5.83. The van der Waals surface area contributed by atoms with Crippen LogP contribution >= 0.6 is 0 Å². The summed E-state index contributed by atoms with van der Waals surface area (Å²) in [5, 5.41) is 8.53. The number of esters is 1. The molecule has 2 aliphatic heterocycles. The van der Waals surface area contributed by atoms with Gasteiger partial charge in [0, 0.05) is 12.2 Å². The summed E-state index contributed by atoms with van der Waals surface area (Å²) in [6.45, 7) is 3.20. The minimum atomic E-state index is -0.636. The molecule has 0 unspecified atom stereocenters. The fraction of sp³-hybridized carbons (Fsp3) is 0.375. The number of likely N-dealkylation sites (tertiary alicyclic amines) is 1. The summed E-state index contributed by atoms with van der Waals surface area (Å²) in [5.74, 6) is 0.0745. The Balaban J connectivity index is 1.57. The SMILES string of the molecule is CCOC(=O)C1=C(CN2CCC[C@H]2C(=O)NCc2ccco2)NC(=O)N[C@H]1c1ccccc1. The van der Waals surface area contributed by atoms with Crippen LogP contribution < -0.4 is 16.0 Å². The number of carbonyl (C=O) groups is 3. The molecule has 0 bridgehead atoms. The van der Waals surface area contributed by atoms with Crippen LogP contribution in [0.1, 0.15) is 37.1 Å². The van der Waals surface area contributed by atoms with Crippen LogP contribution in [0.4, 0.5) is 4.79 Å². The lowest BCUT2D eigenvalue weighted by molar-refractivity contribution is -0.139. The van der Waals surface area contributed by atoms with E-state index >= 15 is 0 Å². The Labute approximate surface area is 192 Å². The second-order valence-corrected chi connectivity index (χ2v) is 7.98. The number of amides is 3. The van der Waals surface area contributed by atoms with E-state index in [2.05, 4.69) is 16.0 Å². The highest BCUT2D eigenvalue weighted by Crippen LogP contribution is 2.29. The number of nitrogens with zero attached hydrogens (tertiary/aromatic N) is 1. The van der Waals surface area contributed by atoms with Crippen LogP contribution in [-0.2, 0) is 20.9 Å². The van der Waals surface area contributed by atoms with Gasteiger partial charge in [-0.15, -0.1) is 0 Å². The maximum absolute atomic E-state index is 12.9. The van der Waals surface area contributed by atoms with Gasteiger partial charge >= 0.3 is 12.0 Å². The Bertz CT molecular complexity index is 1020. The molecule has 2 aromatic rings. The lowest BCUT2D eigenvalue weighted by Gasteiger charge is -2.32. The lowest BCUT2D eigenvalue weighted by atomic mass is 9.95. The smallest absolute Gasteiger partial charge is 0.338 e. The maximum atomic E-state index is 12.9. The van der Waals surface area contributed by atoms with Gasteiger partial charge in [-0.1, -0.05) is 30.3 Å². The molecule has 1 aromatic carbocycles. The van der Waals surface area contributed by atoms with Crippen LogP contribution in [0.15, 0.2) is 64.4 Å². The fourth-order valence-electron chi connectivity index (χ4n) is 4.31. The molecule has 2 aliphatic rings. The van der Waals surface area contributed by atoms with E-state index in [-0.39, 0.29) is 25.1 Å². The van der Waals surface area contributed by atoms with Crippen LogP contribution in [0.5, 0.6) is 0 Å². The number of urea groups is 1. The van der Waals surface area contributed by atoms with Gasteiger partial charge in [0.15, 0.2) is 0 Å². The third-order valence-corrected chi connectivity index (χ3v) is 5.83. The number of furan rings is 1. The molecule has 33 heavy (non-hydrogen) atoms. The van der Waals surface area contributed by atoms with Gasteiger partial charge in [0.05, 0.1) is 37.1 Å². The second-order valence-electron chi connectivity index (χ2n) is 7.98. The first-order chi connectivity index (χ1) is 16.1. The van der Waals surface area contributed by atoms with Crippen molar-refractivity contribution in [2.24, 2.45) is 0 Å². The van der Waals surface area contributed by atoms with E-state index in [4.69, 9.17) is 9.15 Å². The normalized spacial score (nSPS) is 20.8. The zero-order chi connectivity index (χ0) is 23.2. The van der Waals surface area contributed by atoms with Crippen molar-refractivity contribution in [3.8, 4) is 0 Å². The molecule has 3 heterocycles. The largest absolute Gasteiger partial charge is 0.467 e. The molecule has 0 aliphatic carbocycles. The highest BCUT2D eigenvalue weighted by Gasteiger charge is 2.37. The molecule has 1 aromatic heterocycles. The molecule has 3 N–H and O–H groups in total. The standard InChI is InChI=1S/C24H28N4O5/c1-2-32-23(30)20-18(26-24(31)27-21(20)16-8-4-3-5-9-16)15-28-12-6-11-19(28)22(29)25-14-17-10-7-13-33-17/h3-5,7-10,13,19,21H,2,6,11-12,14-15H2,1H3,(H,25,29)(H2,26,27,31)/t19-,21-/m0/s1. The van der Waals surface area contributed by atoms with Gasteiger partial charge < -0.3 is 25.1 Å². The van der Waals surface area contributed by atoms with E-state index in [1.54, 1.807) is 25.3 Å². The molecule has 0 radical (unpaired) electrons. The van der Waals surface area contributed by atoms with Gasteiger partial charge in [0.1, 0.15) is 5.76 Å². The molecule has 4 rings (SSSR count). The van der Waals surface area contributed by atoms with E-state index in [9.17, 15) is 14.4 Å². The molecular formula is C24H28N4O5. The van der Waals surface area contributed by atoms with Crippen molar-refractivity contribution in [3.05, 3.63) is 71.3 Å². The molecule has 9 heteroatoms. The lowest BCUT2D eigenvalue weighted by Crippen LogP contribution is -2.50. The van der Waals surface area contributed by atoms with Crippen molar-refractivity contribution < 1.29 is 23.5 Å². The molecular weight excluding hydrogens is 424 g/mol. The van der Waals surface area contributed by atoms with E-state index < -0.39 is 18.0 Å². The molecule has 0 spiro atoms. The number of benzene rings is 1. The van der Waals surface area contributed by atoms with E-state index in [1.807, 2.05) is 35.2 Å². The Morgan fingerprint density at radius 1 is 1.21 bits per heavy atom. The Morgan fingerprint density at radius 2 is 2.03 bits per heavy atom. The summed E-state index contributed by atoms with van der Waals surface area (Å²) in [7, 11) is 0. The van der Waals surface area contributed by atoms with Crippen LogP contribution in [-0.4, -0.2) is 48.5 Å². The van der Waals surface area contributed by atoms with Crippen LogP contribution in [0.2, 0.25) is 0 Å². The summed E-state index contributed by atoms with van der Waals surface area (Å²) in [6.07, 6.45) is 3.10. The first kappa shape index (κ1) is 22.6. The number of carbonyl (C=O) groups excluding carboxylic acids is 3. The first-order valence-corrected chi connectivity index (χ1v) is 11.1. The summed E-state index contributed by atoms with van der Waals surface area (Å²) in [4.78, 5) is 40.3. The number of hydrogen-bond donors (Lipinski definition) is 3. The molecule has 1 saturated heterocycles. The van der Waals surface area contributed by atoms with E-state index in [0.29, 0.717) is 36.5 Å². The average molecular weight is 453 g/mol. The number of rotatable bonds is 8.